The monoisotopic (exact) mass is 347 g/mol. The molecule has 2 aromatic rings. The van der Waals surface area contributed by atoms with Gasteiger partial charge in [0.1, 0.15) is 5.75 Å². The summed E-state index contributed by atoms with van der Waals surface area (Å²) in [5.41, 5.74) is 2.59. The van der Waals surface area contributed by atoms with Crippen LogP contribution in [0.5, 0.6) is 5.75 Å². The number of nitrogens with one attached hydrogen (secondary N) is 1. The molecule has 21 heavy (non-hydrogen) atoms. The summed E-state index contributed by atoms with van der Waals surface area (Å²) in [6.45, 7) is 1.59. The lowest BCUT2D eigenvalue weighted by molar-refractivity contribution is 0.303. The summed E-state index contributed by atoms with van der Waals surface area (Å²) < 4.78 is 7.01. The highest BCUT2D eigenvalue weighted by molar-refractivity contribution is 9.10. The average Bonchev–Trinajstić information content (AvgIpc) is 2.50. The van der Waals surface area contributed by atoms with Gasteiger partial charge in [0.2, 0.25) is 0 Å². The topological polar surface area (TPSA) is 21.3 Å². The van der Waals surface area contributed by atoms with Gasteiger partial charge in [-0.25, -0.2) is 0 Å². The third-order valence-corrected chi connectivity index (χ3v) is 3.84. The predicted octanol–water partition coefficient (Wildman–Crippen LogP) is 4.57. The normalized spacial score (nSPS) is 10.6. The lowest BCUT2D eigenvalue weighted by Crippen LogP contribution is -2.08. The molecule has 0 aliphatic heterocycles. The highest BCUT2D eigenvalue weighted by Gasteiger charge is 2.04. The quantitative estimate of drug-likeness (QED) is 0.706. The number of benzene rings is 2. The molecule has 2 aromatic carbocycles. The van der Waals surface area contributed by atoms with Gasteiger partial charge in [-0.2, -0.15) is 0 Å². The predicted molar refractivity (Wildman–Crippen MR) is 91.8 cm³/mol. The van der Waals surface area contributed by atoms with Crippen molar-refractivity contribution in [2.75, 3.05) is 13.7 Å². The van der Waals surface area contributed by atoms with E-state index in [0.29, 0.717) is 0 Å². The summed E-state index contributed by atoms with van der Waals surface area (Å²) in [5, 5.41) is 3.17. The molecule has 0 amide bonds. The number of ether oxygens (including phenoxy) is 1. The molecule has 0 fully saturated rings. The Hall–Kier alpha value is -1.32. The Morgan fingerprint density at radius 2 is 1.86 bits per heavy atom. The van der Waals surface area contributed by atoms with Crippen LogP contribution in [0.25, 0.3) is 0 Å². The standard InChI is InChI=1S/C18H22BrNO/c1-20-14-16-13-17(19)10-11-18(16)21-12-6-5-9-15-7-3-2-4-8-15/h2-4,7-8,10-11,13,20H,5-6,9,12,14H2,1H3. The van der Waals surface area contributed by atoms with Gasteiger partial charge in [0.15, 0.2) is 0 Å². The minimum Gasteiger partial charge on any atom is -0.493 e. The van der Waals surface area contributed by atoms with Crippen LogP contribution in [0.4, 0.5) is 0 Å². The molecule has 0 aliphatic carbocycles. The van der Waals surface area contributed by atoms with Crippen LogP contribution >= 0.6 is 15.9 Å². The van der Waals surface area contributed by atoms with Gasteiger partial charge >= 0.3 is 0 Å². The van der Waals surface area contributed by atoms with Crippen LogP contribution in [-0.2, 0) is 13.0 Å². The smallest absolute Gasteiger partial charge is 0.123 e. The van der Waals surface area contributed by atoms with Crippen molar-refractivity contribution in [2.45, 2.75) is 25.8 Å². The summed E-state index contributed by atoms with van der Waals surface area (Å²) in [6.07, 6.45) is 3.35. The molecule has 0 atom stereocenters. The molecule has 0 saturated carbocycles. The molecule has 2 nitrogen and oxygen atoms in total. The fourth-order valence-corrected chi connectivity index (χ4v) is 2.68. The Labute approximate surface area is 135 Å². The van der Waals surface area contributed by atoms with Gasteiger partial charge in [0.25, 0.3) is 0 Å². The molecule has 0 bridgehead atoms. The molecule has 112 valence electrons. The minimum atomic E-state index is 0.769. The van der Waals surface area contributed by atoms with Gasteiger partial charge in [-0.15, -0.1) is 0 Å². The maximum Gasteiger partial charge on any atom is 0.123 e. The number of hydrogen-bond donors (Lipinski definition) is 1. The average molecular weight is 348 g/mol. The fourth-order valence-electron chi connectivity index (χ4n) is 2.28. The van der Waals surface area contributed by atoms with Crippen LogP contribution in [0.15, 0.2) is 53.0 Å². The Kier molecular flexibility index (Phi) is 6.77. The molecule has 0 aliphatic rings. The van der Waals surface area contributed by atoms with Gasteiger partial charge in [0.05, 0.1) is 6.61 Å². The van der Waals surface area contributed by atoms with Gasteiger partial charge in [-0.3, -0.25) is 0 Å². The van der Waals surface area contributed by atoms with Crippen molar-refractivity contribution in [1.82, 2.24) is 5.32 Å². The second-order valence-electron chi connectivity index (χ2n) is 5.07. The molecular weight excluding hydrogens is 326 g/mol. The molecule has 0 spiro atoms. The van der Waals surface area contributed by atoms with Crippen molar-refractivity contribution >= 4 is 15.9 Å². The summed E-state index contributed by atoms with van der Waals surface area (Å²) in [6, 6.07) is 16.8. The lowest BCUT2D eigenvalue weighted by atomic mass is 10.1. The minimum absolute atomic E-state index is 0.769. The van der Waals surface area contributed by atoms with Crippen molar-refractivity contribution in [2.24, 2.45) is 0 Å². The van der Waals surface area contributed by atoms with E-state index in [1.807, 2.05) is 19.2 Å². The van der Waals surface area contributed by atoms with Crippen molar-refractivity contribution in [1.29, 1.82) is 0 Å². The van der Waals surface area contributed by atoms with E-state index >= 15 is 0 Å². The molecule has 0 heterocycles. The van der Waals surface area contributed by atoms with Gasteiger partial charge in [-0.1, -0.05) is 46.3 Å². The third kappa shape index (κ3) is 5.52. The molecule has 1 N–H and O–H groups in total. The molecule has 0 radical (unpaired) electrons. The summed E-state index contributed by atoms with van der Waals surface area (Å²) in [7, 11) is 1.95. The molecule has 0 aromatic heterocycles. The van der Waals surface area contributed by atoms with Crippen molar-refractivity contribution in [3.05, 3.63) is 64.1 Å². The third-order valence-electron chi connectivity index (χ3n) is 3.35. The Morgan fingerprint density at radius 3 is 2.62 bits per heavy atom. The molecule has 0 saturated heterocycles. The van der Waals surface area contributed by atoms with E-state index in [4.69, 9.17) is 4.74 Å². The maximum atomic E-state index is 5.92. The molecule has 2 rings (SSSR count). The summed E-state index contributed by atoms with van der Waals surface area (Å²) >= 11 is 3.50. The molecule has 3 heteroatoms. The van der Waals surface area contributed by atoms with Crippen molar-refractivity contribution in [3.63, 3.8) is 0 Å². The first-order valence-corrected chi connectivity index (χ1v) is 8.18. The van der Waals surface area contributed by atoms with Crippen LogP contribution in [0.2, 0.25) is 0 Å². The van der Waals surface area contributed by atoms with Crippen LogP contribution in [0.1, 0.15) is 24.0 Å². The van der Waals surface area contributed by atoms with E-state index in [9.17, 15) is 0 Å². The second-order valence-corrected chi connectivity index (χ2v) is 5.99. The van der Waals surface area contributed by atoms with Crippen LogP contribution in [0.3, 0.4) is 0 Å². The number of halogens is 1. The number of rotatable bonds is 8. The highest BCUT2D eigenvalue weighted by atomic mass is 79.9. The zero-order valence-corrected chi connectivity index (χ0v) is 14.0. The SMILES string of the molecule is CNCc1cc(Br)ccc1OCCCCc1ccccc1. The van der Waals surface area contributed by atoms with Crippen molar-refractivity contribution in [3.8, 4) is 5.75 Å². The van der Waals surface area contributed by atoms with Gasteiger partial charge in [-0.05, 0) is 50.1 Å². The number of hydrogen-bond acceptors (Lipinski definition) is 2. The fraction of sp³-hybridized carbons (Fsp3) is 0.333. The van der Waals surface area contributed by atoms with E-state index in [2.05, 4.69) is 57.6 Å². The second kappa shape index (κ2) is 8.85. The van der Waals surface area contributed by atoms with E-state index in [1.165, 1.54) is 11.1 Å². The number of unbranched alkanes of at least 4 members (excludes halogenated alkanes) is 1. The molecule has 0 unspecified atom stereocenters. The van der Waals surface area contributed by atoms with Crippen LogP contribution < -0.4 is 10.1 Å². The van der Waals surface area contributed by atoms with Crippen molar-refractivity contribution < 1.29 is 4.74 Å². The maximum absolute atomic E-state index is 5.92. The Bertz CT molecular complexity index is 542. The lowest BCUT2D eigenvalue weighted by Gasteiger charge is -2.12. The summed E-state index contributed by atoms with van der Waals surface area (Å²) in [5.74, 6) is 0.979. The first-order valence-electron chi connectivity index (χ1n) is 7.39. The summed E-state index contributed by atoms with van der Waals surface area (Å²) in [4.78, 5) is 0. The largest absolute Gasteiger partial charge is 0.493 e. The van der Waals surface area contributed by atoms with Gasteiger partial charge in [0, 0.05) is 16.6 Å². The first kappa shape index (κ1) is 16.1. The zero-order chi connectivity index (χ0) is 14.9. The Balaban J connectivity index is 1.75. The van der Waals surface area contributed by atoms with Gasteiger partial charge < -0.3 is 10.1 Å². The van der Waals surface area contributed by atoms with E-state index in [-0.39, 0.29) is 0 Å². The van der Waals surface area contributed by atoms with E-state index in [0.717, 1.165) is 42.6 Å². The molecular formula is C18H22BrNO. The Morgan fingerprint density at radius 1 is 1.05 bits per heavy atom. The van der Waals surface area contributed by atoms with Crippen LogP contribution in [-0.4, -0.2) is 13.7 Å². The van der Waals surface area contributed by atoms with E-state index in [1.54, 1.807) is 0 Å². The van der Waals surface area contributed by atoms with Crippen LogP contribution in [0, 0.1) is 0 Å². The highest BCUT2D eigenvalue weighted by Crippen LogP contribution is 2.23. The zero-order valence-electron chi connectivity index (χ0n) is 12.4. The number of aryl methyl sites for hydroxylation is 1. The van der Waals surface area contributed by atoms with E-state index < -0.39 is 0 Å². The first-order chi connectivity index (χ1) is 10.3.